The summed E-state index contributed by atoms with van der Waals surface area (Å²) in [6.07, 6.45) is 0.578. The first-order valence-electron chi connectivity index (χ1n) is 11.8. The summed E-state index contributed by atoms with van der Waals surface area (Å²) >= 11 is 0. The van der Waals surface area contributed by atoms with Crippen molar-refractivity contribution in [3.63, 3.8) is 0 Å². The number of benzene rings is 2. The molecule has 192 valence electrons. The molecule has 0 heterocycles. The lowest BCUT2D eigenvalue weighted by Crippen LogP contribution is -2.43. The summed E-state index contributed by atoms with van der Waals surface area (Å²) in [5, 5.41) is 5.59. The molecule has 0 spiro atoms. The Balaban J connectivity index is 1.79. The van der Waals surface area contributed by atoms with Gasteiger partial charge in [0.1, 0.15) is 13.2 Å². The van der Waals surface area contributed by atoms with Crippen LogP contribution in [0.3, 0.4) is 0 Å². The molecule has 1 unspecified atom stereocenters. The number of aryl methyl sites for hydroxylation is 2. The molecule has 0 bridgehead atoms. The number of methoxy groups -OCH3 is 1. The van der Waals surface area contributed by atoms with Crippen LogP contribution in [0.1, 0.15) is 43.0 Å². The van der Waals surface area contributed by atoms with E-state index in [0.29, 0.717) is 37.6 Å². The van der Waals surface area contributed by atoms with Gasteiger partial charge in [0, 0.05) is 13.1 Å². The molecule has 35 heavy (non-hydrogen) atoms. The molecule has 0 radical (unpaired) electrons. The third-order valence-electron chi connectivity index (χ3n) is 5.67. The number of nitrogens with one attached hydrogen (secondary N) is 2. The van der Waals surface area contributed by atoms with Crippen LogP contribution in [0, 0.1) is 19.3 Å². The molecule has 4 N–H and O–H groups in total. The summed E-state index contributed by atoms with van der Waals surface area (Å²) in [7, 11) is 1.56. The summed E-state index contributed by atoms with van der Waals surface area (Å²) in [6.45, 7) is 10.8. The van der Waals surface area contributed by atoms with Gasteiger partial charge in [0.2, 0.25) is 0 Å². The van der Waals surface area contributed by atoms with E-state index < -0.39 is 5.41 Å². The van der Waals surface area contributed by atoms with Gasteiger partial charge in [-0.2, -0.15) is 0 Å². The molecule has 0 saturated heterocycles. The van der Waals surface area contributed by atoms with E-state index in [1.165, 1.54) is 11.1 Å². The molecular weight excluding hydrogens is 446 g/mol. The fourth-order valence-corrected chi connectivity index (χ4v) is 3.50. The van der Waals surface area contributed by atoms with E-state index in [1.54, 1.807) is 26.2 Å². The second-order valence-corrected chi connectivity index (χ2v) is 9.43. The first-order chi connectivity index (χ1) is 16.6. The molecule has 1 atom stereocenters. The number of amides is 2. The van der Waals surface area contributed by atoms with Crippen LogP contribution in [0.15, 0.2) is 36.4 Å². The van der Waals surface area contributed by atoms with Crippen molar-refractivity contribution in [1.82, 2.24) is 10.6 Å². The van der Waals surface area contributed by atoms with Gasteiger partial charge in [0.15, 0.2) is 11.5 Å². The highest BCUT2D eigenvalue weighted by Gasteiger charge is 2.30. The Hall–Kier alpha value is -3.26. The molecule has 0 saturated carbocycles. The third-order valence-corrected chi connectivity index (χ3v) is 5.67. The Bertz CT molecular complexity index is 1010. The quantitative estimate of drug-likeness (QED) is 0.396. The van der Waals surface area contributed by atoms with Gasteiger partial charge in [-0.1, -0.05) is 24.3 Å². The number of rotatable bonds is 12. The molecular formula is C27H39N3O5. The fourth-order valence-electron chi connectivity index (χ4n) is 3.50. The second-order valence-electron chi connectivity index (χ2n) is 9.43. The van der Waals surface area contributed by atoms with Crippen molar-refractivity contribution in [2.75, 3.05) is 26.9 Å². The number of carbonyl (C=O) groups is 2. The monoisotopic (exact) mass is 485 g/mol. The maximum atomic E-state index is 12.7. The van der Waals surface area contributed by atoms with Crippen molar-refractivity contribution in [1.29, 1.82) is 0 Å². The van der Waals surface area contributed by atoms with E-state index in [9.17, 15) is 9.59 Å². The molecule has 8 nitrogen and oxygen atoms in total. The minimum Gasteiger partial charge on any atom is -0.493 e. The highest BCUT2D eigenvalue weighted by Crippen LogP contribution is 2.28. The minimum atomic E-state index is -0.678. The van der Waals surface area contributed by atoms with Crippen LogP contribution in [-0.4, -0.2) is 44.9 Å². The van der Waals surface area contributed by atoms with Gasteiger partial charge in [-0.15, -0.1) is 0 Å². The fraction of sp³-hybridized carbons (Fsp3) is 0.481. The molecule has 0 fully saturated rings. The topological polar surface area (TPSA) is 112 Å². The largest absolute Gasteiger partial charge is 0.493 e. The van der Waals surface area contributed by atoms with Crippen molar-refractivity contribution in [2.24, 2.45) is 11.1 Å². The maximum Gasteiger partial charge on any atom is 0.315 e. The Morgan fingerprint density at radius 2 is 1.74 bits per heavy atom. The zero-order chi connectivity index (χ0) is 26.0. The van der Waals surface area contributed by atoms with Crippen molar-refractivity contribution >= 4 is 12.0 Å². The molecule has 0 aliphatic carbocycles. The first-order valence-corrected chi connectivity index (χ1v) is 11.8. The zero-order valence-electron chi connectivity index (χ0n) is 21.7. The average Bonchev–Trinajstić information content (AvgIpc) is 2.82. The Kier molecular flexibility index (Phi) is 10.4. The number of carbonyl (C=O) groups excluding carboxylic acids is 2. The first kappa shape index (κ1) is 28.0. The molecule has 2 aromatic rings. The lowest BCUT2D eigenvalue weighted by atomic mass is 9.85. The highest BCUT2D eigenvalue weighted by atomic mass is 16.5. The van der Waals surface area contributed by atoms with E-state index >= 15 is 0 Å². The van der Waals surface area contributed by atoms with Crippen molar-refractivity contribution in [2.45, 2.75) is 53.6 Å². The number of hydrogen-bond acceptors (Lipinski definition) is 6. The number of ether oxygens (including phenoxy) is 3. The standard InChI is InChI=1S/C27H39N3O5/c1-18-7-8-21(13-19(18)2)15-27(4,5)25(31)35-17-20(3)30-26(32)29-16-22-9-10-23(34-12-11-28)24(14-22)33-6/h7-10,13-14,20H,11-12,15-17,28H2,1-6H3,(H2,29,30,32). The summed E-state index contributed by atoms with van der Waals surface area (Å²) in [4.78, 5) is 25.0. The number of esters is 1. The van der Waals surface area contributed by atoms with Gasteiger partial charge in [0.05, 0.1) is 18.6 Å². The van der Waals surface area contributed by atoms with Crippen LogP contribution in [0.4, 0.5) is 4.79 Å². The van der Waals surface area contributed by atoms with Gasteiger partial charge < -0.3 is 30.6 Å². The van der Waals surface area contributed by atoms with Crippen LogP contribution >= 0.6 is 0 Å². The smallest absolute Gasteiger partial charge is 0.315 e. The van der Waals surface area contributed by atoms with Gasteiger partial charge in [-0.3, -0.25) is 4.79 Å². The predicted octanol–water partition coefficient (Wildman–Crippen LogP) is 3.65. The molecule has 0 aliphatic heterocycles. The van der Waals surface area contributed by atoms with Crippen LogP contribution in [0.2, 0.25) is 0 Å². The van der Waals surface area contributed by atoms with E-state index in [-0.39, 0.29) is 24.6 Å². The zero-order valence-corrected chi connectivity index (χ0v) is 21.7. The predicted molar refractivity (Wildman–Crippen MR) is 137 cm³/mol. The van der Waals surface area contributed by atoms with E-state index in [1.807, 2.05) is 26.0 Å². The van der Waals surface area contributed by atoms with Gasteiger partial charge in [-0.05, 0) is 75.4 Å². The average molecular weight is 486 g/mol. The molecule has 2 aromatic carbocycles. The van der Waals surface area contributed by atoms with E-state index in [2.05, 4.69) is 36.6 Å². The van der Waals surface area contributed by atoms with Gasteiger partial charge in [0.25, 0.3) is 0 Å². The summed E-state index contributed by atoms with van der Waals surface area (Å²) in [6, 6.07) is 10.9. The van der Waals surface area contributed by atoms with Crippen molar-refractivity contribution < 1.29 is 23.8 Å². The van der Waals surface area contributed by atoms with Crippen molar-refractivity contribution in [3.05, 3.63) is 58.7 Å². The molecule has 0 aliphatic rings. The number of nitrogens with two attached hydrogens (primary N) is 1. The minimum absolute atomic E-state index is 0.0869. The van der Waals surface area contributed by atoms with Gasteiger partial charge in [-0.25, -0.2) is 4.79 Å². The summed E-state index contributed by atoms with van der Waals surface area (Å²) in [5.74, 6) is 0.873. The Morgan fingerprint density at radius 1 is 1.03 bits per heavy atom. The lowest BCUT2D eigenvalue weighted by molar-refractivity contribution is -0.154. The normalized spacial score (nSPS) is 12.0. The molecule has 2 rings (SSSR count). The maximum absolute atomic E-state index is 12.7. The van der Waals surface area contributed by atoms with Crippen LogP contribution in [-0.2, 0) is 22.5 Å². The van der Waals surface area contributed by atoms with E-state index in [4.69, 9.17) is 19.9 Å². The van der Waals surface area contributed by atoms with E-state index in [0.717, 1.165) is 11.1 Å². The second kappa shape index (κ2) is 13.0. The SMILES string of the molecule is COc1cc(CNC(=O)NC(C)COC(=O)C(C)(C)Cc2ccc(C)c(C)c2)ccc1OCCN. The molecule has 8 heteroatoms. The third kappa shape index (κ3) is 8.79. The van der Waals surface area contributed by atoms with Crippen LogP contribution < -0.4 is 25.8 Å². The Morgan fingerprint density at radius 3 is 2.40 bits per heavy atom. The van der Waals surface area contributed by atoms with Gasteiger partial charge >= 0.3 is 12.0 Å². The Labute approximate surface area is 208 Å². The van der Waals surface area contributed by atoms with Crippen LogP contribution in [0.5, 0.6) is 11.5 Å². The summed E-state index contributed by atoms with van der Waals surface area (Å²) < 4.78 is 16.4. The molecule has 2 amide bonds. The number of hydrogen-bond donors (Lipinski definition) is 3. The molecule has 0 aromatic heterocycles. The lowest BCUT2D eigenvalue weighted by Gasteiger charge is -2.24. The summed E-state index contributed by atoms with van der Waals surface area (Å²) in [5.41, 5.74) is 9.16. The van der Waals surface area contributed by atoms with Crippen molar-refractivity contribution in [3.8, 4) is 11.5 Å². The highest BCUT2D eigenvalue weighted by molar-refractivity contribution is 5.77. The van der Waals surface area contributed by atoms with Crippen LogP contribution in [0.25, 0.3) is 0 Å². The number of urea groups is 1.